The lowest BCUT2D eigenvalue weighted by atomic mass is 9.95. The van der Waals surface area contributed by atoms with Crippen LogP contribution in [0.1, 0.15) is 44.6 Å². The van der Waals surface area contributed by atoms with Crippen molar-refractivity contribution in [1.82, 2.24) is 0 Å². The van der Waals surface area contributed by atoms with Gasteiger partial charge in [-0.2, -0.15) is 0 Å². The van der Waals surface area contributed by atoms with E-state index >= 15 is 0 Å². The van der Waals surface area contributed by atoms with E-state index < -0.39 is 0 Å². The van der Waals surface area contributed by atoms with E-state index in [0.717, 1.165) is 18.6 Å². The van der Waals surface area contributed by atoms with E-state index in [-0.39, 0.29) is 5.78 Å². The summed E-state index contributed by atoms with van der Waals surface area (Å²) in [6.07, 6.45) is 2.73. The van der Waals surface area contributed by atoms with E-state index in [1.165, 1.54) is 5.56 Å². The fraction of sp³-hybridized carbons (Fsp3) is 0.500. The van der Waals surface area contributed by atoms with Gasteiger partial charge in [-0.3, -0.25) is 0 Å². The Kier molecular flexibility index (Phi) is 5.03. The maximum atomic E-state index is 10.8. The van der Waals surface area contributed by atoms with Crippen LogP contribution in [0.5, 0.6) is 5.75 Å². The molecule has 0 amide bonds. The molecule has 0 fully saturated rings. The fourth-order valence-electron chi connectivity index (χ4n) is 1.76. The Labute approximate surface area is 97.6 Å². The largest absolute Gasteiger partial charge is 0.497 e. The van der Waals surface area contributed by atoms with Crippen LogP contribution in [0.3, 0.4) is 0 Å². The summed E-state index contributed by atoms with van der Waals surface area (Å²) < 4.78 is 5.12. The van der Waals surface area contributed by atoms with Crippen LogP contribution in [0.4, 0.5) is 0 Å². The number of rotatable bonds is 6. The summed E-state index contributed by atoms with van der Waals surface area (Å²) in [5.74, 6) is 1.67. The molecule has 0 aliphatic heterocycles. The molecule has 0 spiro atoms. The zero-order valence-electron chi connectivity index (χ0n) is 10.3. The van der Waals surface area contributed by atoms with Crippen LogP contribution in [0.2, 0.25) is 0 Å². The number of hydrogen-bond donors (Lipinski definition) is 0. The molecule has 2 heteroatoms. The van der Waals surface area contributed by atoms with Gasteiger partial charge < -0.3 is 9.53 Å². The molecule has 0 bridgehead atoms. The first kappa shape index (κ1) is 12.8. The molecule has 0 aliphatic rings. The lowest BCUT2D eigenvalue weighted by molar-refractivity contribution is -0.117. The average Bonchev–Trinajstić information content (AvgIpc) is 2.28. The van der Waals surface area contributed by atoms with Crippen LogP contribution in [0, 0.1) is 0 Å². The number of carbonyl (C=O) groups is 1. The maximum absolute atomic E-state index is 10.8. The van der Waals surface area contributed by atoms with E-state index in [4.69, 9.17) is 4.74 Å². The molecule has 0 aromatic heterocycles. The van der Waals surface area contributed by atoms with Crippen molar-refractivity contribution >= 4 is 5.78 Å². The number of benzene rings is 1. The SMILES string of the molecule is COc1ccc(C(C)CCCC(C)=O)cc1. The molecule has 0 aliphatic carbocycles. The van der Waals surface area contributed by atoms with Gasteiger partial charge in [-0.05, 0) is 43.4 Å². The normalized spacial score (nSPS) is 12.2. The van der Waals surface area contributed by atoms with E-state index in [1.54, 1.807) is 14.0 Å². The van der Waals surface area contributed by atoms with Crippen LogP contribution in [0.15, 0.2) is 24.3 Å². The second kappa shape index (κ2) is 6.31. The summed E-state index contributed by atoms with van der Waals surface area (Å²) in [5, 5.41) is 0. The van der Waals surface area contributed by atoms with Crippen LogP contribution in [-0.4, -0.2) is 12.9 Å². The summed E-state index contributed by atoms with van der Waals surface area (Å²) >= 11 is 0. The van der Waals surface area contributed by atoms with Gasteiger partial charge in [0.05, 0.1) is 7.11 Å². The molecule has 16 heavy (non-hydrogen) atoms. The van der Waals surface area contributed by atoms with Crippen LogP contribution in [0.25, 0.3) is 0 Å². The van der Waals surface area contributed by atoms with Crippen molar-refractivity contribution in [2.75, 3.05) is 7.11 Å². The molecule has 0 radical (unpaired) electrons. The van der Waals surface area contributed by atoms with Crippen LogP contribution >= 0.6 is 0 Å². The van der Waals surface area contributed by atoms with Gasteiger partial charge in [0.2, 0.25) is 0 Å². The highest BCUT2D eigenvalue weighted by Crippen LogP contribution is 2.23. The van der Waals surface area contributed by atoms with Gasteiger partial charge in [-0.15, -0.1) is 0 Å². The predicted octanol–water partition coefficient (Wildman–Crippen LogP) is 3.56. The van der Waals surface area contributed by atoms with Crippen molar-refractivity contribution in [1.29, 1.82) is 0 Å². The van der Waals surface area contributed by atoms with Crippen molar-refractivity contribution in [2.24, 2.45) is 0 Å². The van der Waals surface area contributed by atoms with Gasteiger partial charge >= 0.3 is 0 Å². The smallest absolute Gasteiger partial charge is 0.129 e. The highest BCUT2D eigenvalue weighted by Gasteiger charge is 2.06. The zero-order chi connectivity index (χ0) is 12.0. The first-order valence-corrected chi connectivity index (χ1v) is 5.77. The van der Waals surface area contributed by atoms with Crippen molar-refractivity contribution in [3.8, 4) is 5.75 Å². The quantitative estimate of drug-likeness (QED) is 0.732. The summed E-state index contributed by atoms with van der Waals surface area (Å²) in [7, 11) is 1.67. The molecular formula is C14H20O2. The second-order valence-electron chi connectivity index (χ2n) is 4.27. The number of ether oxygens (including phenoxy) is 1. The highest BCUT2D eigenvalue weighted by molar-refractivity contribution is 5.75. The predicted molar refractivity (Wildman–Crippen MR) is 65.9 cm³/mol. The third kappa shape index (κ3) is 4.05. The number of hydrogen-bond acceptors (Lipinski definition) is 2. The van der Waals surface area contributed by atoms with E-state index in [9.17, 15) is 4.79 Å². The molecule has 1 aromatic rings. The van der Waals surface area contributed by atoms with Gasteiger partial charge in [0.15, 0.2) is 0 Å². The Morgan fingerprint density at radius 2 is 1.94 bits per heavy atom. The maximum Gasteiger partial charge on any atom is 0.129 e. The molecule has 0 heterocycles. The minimum absolute atomic E-state index is 0.280. The van der Waals surface area contributed by atoms with Gasteiger partial charge in [0.25, 0.3) is 0 Å². The van der Waals surface area contributed by atoms with Crippen LogP contribution < -0.4 is 4.74 Å². The van der Waals surface area contributed by atoms with Crippen molar-refractivity contribution in [2.45, 2.75) is 39.0 Å². The van der Waals surface area contributed by atoms with E-state index in [2.05, 4.69) is 19.1 Å². The first-order chi connectivity index (χ1) is 7.63. The van der Waals surface area contributed by atoms with E-state index in [0.29, 0.717) is 12.3 Å². The summed E-state index contributed by atoms with van der Waals surface area (Å²) in [5.41, 5.74) is 1.31. The zero-order valence-corrected chi connectivity index (χ0v) is 10.3. The third-order valence-corrected chi connectivity index (χ3v) is 2.85. The number of Topliss-reactive ketones (excluding diaryl/α,β-unsaturated/α-hetero) is 1. The molecule has 2 nitrogen and oxygen atoms in total. The molecule has 1 unspecified atom stereocenters. The molecule has 1 aromatic carbocycles. The fourth-order valence-corrected chi connectivity index (χ4v) is 1.76. The monoisotopic (exact) mass is 220 g/mol. The highest BCUT2D eigenvalue weighted by atomic mass is 16.5. The number of methoxy groups -OCH3 is 1. The Morgan fingerprint density at radius 3 is 2.44 bits per heavy atom. The molecule has 0 saturated carbocycles. The summed E-state index contributed by atoms with van der Waals surface area (Å²) in [4.78, 5) is 10.8. The average molecular weight is 220 g/mol. The van der Waals surface area contributed by atoms with Gasteiger partial charge in [-0.25, -0.2) is 0 Å². The number of carbonyl (C=O) groups excluding carboxylic acids is 1. The van der Waals surface area contributed by atoms with Gasteiger partial charge in [0.1, 0.15) is 11.5 Å². The van der Waals surface area contributed by atoms with Crippen LogP contribution in [-0.2, 0) is 4.79 Å². The summed E-state index contributed by atoms with van der Waals surface area (Å²) in [6, 6.07) is 8.15. The van der Waals surface area contributed by atoms with E-state index in [1.807, 2.05) is 12.1 Å². The molecular weight excluding hydrogens is 200 g/mol. The Morgan fingerprint density at radius 1 is 1.31 bits per heavy atom. The number of ketones is 1. The van der Waals surface area contributed by atoms with Gasteiger partial charge in [-0.1, -0.05) is 19.1 Å². The lowest BCUT2D eigenvalue weighted by Crippen LogP contribution is -1.96. The summed E-state index contributed by atoms with van der Waals surface area (Å²) in [6.45, 7) is 3.85. The first-order valence-electron chi connectivity index (χ1n) is 5.77. The minimum atomic E-state index is 0.280. The Hall–Kier alpha value is -1.31. The van der Waals surface area contributed by atoms with Gasteiger partial charge in [0, 0.05) is 6.42 Å². The third-order valence-electron chi connectivity index (χ3n) is 2.85. The van der Waals surface area contributed by atoms with Crippen molar-refractivity contribution < 1.29 is 9.53 Å². The Bertz CT molecular complexity index is 327. The van der Waals surface area contributed by atoms with Crippen molar-refractivity contribution in [3.05, 3.63) is 29.8 Å². The molecule has 0 saturated heterocycles. The molecule has 1 rings (SSSR count). The van der Waals surface area contributed by atoms with Crippen molar-refractivity contribution in [3.63, 3.8) is 0 Å². The minimum Gasteiger partial charge on any atom is -0.497 e. The topological polar surface area (TPSA) is 26.3 Å². The lowest BCUT2D eigenvalue weighted by Gasteiger charge is -2.11. The molecule has 0 N–H and O–H groups in total. The Balaban J connectivity index is 2.45. The molecule has 1 atom stereocenters. The molecule has 88 valence electrons. The standard InChI is InChI=1S/C14H20O2/c1-11(5-4-6-12(2)15)13-7-9-14(16-3)10-8-13/h7-11H,4-6H2,1-3H3. The second-order valence-corrected chi connectivity index (χ2v) is 4.27.